The first kappa shape index (κ1) is 30.1. The van der Waals surface area contributed by atoms with Crippen molar-refractivity contribution in [2.45, 2.75) is 98.4 Å². The summed E-state index contributed by atoms with van der Waals surface area (Å²) >= 11 is 0. The molecule has 15 atom stereocenters. The Kier molecular flexibility index (Phi) is 9.20. The highest BCUT2D eigenvalue weighted by molar-refractivity contribution is 4.99. The van der Waals surface area contributed by atoms with Crippen LogP contribution in [0.1, 0.15) is 12.6 Å². The van der Waals surface area contributed by atoms with Gasteiger partial charge in [0.05, 0.1) is 30.9 Å². The van der Waals surface area contributed by atoms with E-state index in [4.69, 9.17) is 30.4 Å². The number of H-pyrrole nitrogens is 1. The molecule has 3 aliphatic rings. The van der Waals surface area contributed by atoms with E-state index in [9.17, 15) is 50.4 Å². The average molecular weight is 567 g/mol. The second-order valence-electron chi connectivity index (χ2n) is 9.81. The van der Waals surface area contributed by atoms with Crippen LogP contribution in [0.15, 0.2) is 21.9 Å². The number of nitrogens with zero attached hydrogens (tertiary/aromatic N) is 1. The van der Waals surface area contributed by atoms with Crippen LogP contribution in [-0.4, -0.2) is 143 Å². The van der Waals surface area contributed by atoms with Gasteiger partial charge < -0.3 is 71.3 Å². The van der Waals surface area contributed by atoms with Crippen molar-refractivity contribution in [3.63, 3.8) is 0 Å². The van der Waals surface area contributed by atoms with Crippen molar-refractivity contribution in [2.75, 3.05) is 6.61 Å². The van der Waals surface area contributed by atoms with Gasteiger partial charge in [-0.25, -0.2) is 4.79 Å². The SMILES string of the molecule is NC1C(O)[C@H](O)[C@H](CO)O[C@@H]1O[C@@H]1O[C@H](C[C@@H](O)[C@@H]2O[C@@H](n3ccc(=O)[nH]c3=O)[C@H](O)[C@@H]2O)C(O)C(O)[C@H]1N. The van der Waals surface area contributed by atoms with Crippen LogP contribution in [0.2, 0.25) is 0 Å². The van der Waals surface area contributed by atoms with E-state index in [2.05, 4.69) is 0 Å². The summed E-state index contributed by atoms with van der Waals surface area (Å²) in [6.45, 7) is -0.680. The second-order valence-corrected chi connectivity index (χ2v) is 9.81. The van der Waals surface area contributed by atoms with Gasteiger partial charge in [-0.15, -0.1) is 0 Å². The fourth-order valence-corrected chi connectivity index (χ4v) is 4.86. The van der Waals surface area contributed by atoms with Gasteiger partial charge in [0, 0.05) is 18.7 Å². The number of nitrogens with two attached hydrogens (primary N) is 2. The molecule has 39 heavy (non-hydrogen) atoms. The van der Waals surface area contributed by atoms with Crippen LogP contribution in [0.4, 0.5) is 0 Å². The Morgan fingerprint density at radius 1 is 0.872 bits per heavy atom. The molecule has 1 aromatic rings. The fourth-order valence-electron chi connectivity index (χ4n) is 4.86. The summed E-state index contributed by atoms with van der Waals surface area (Å²) in [6.07, 6.45) is -19.4. The predicted octanol–water partition coefficient (Wildman–Crippen LogP) is -7.54. The zero-order chi connectivity index (χ0) is 28.8. The Morgan fingerprint density at radius 3 is 2.00 bits per heavy atom. The van der Waals surface area contributed by atoms with Crippen LogP contribution in [-0.2, 0) is 18.9 Å². The third-order valence-corrected chi connectivity index (χ3v) is 7.20. The molecule has 1 aromatic heterocycles. The number of ether oxygens (including phenoxy) is 4. The van der Waals surface area contributed by atoms with Gasteiger partial charge in [-0.3, -0.25) is 14.3 Å². The Bertz CT molecular complexity index is 1090. The lowest BCUT2D eigenvalue weighted by molar-refractivity contribution is -0.343. The number of nitrogens with one attached hydrogen (secondary N) is 1. The van der Waals surface area contributed by atoms with E-state index in [0.29, 0.717) is 0 Å². The number of aromatic amines is 1. The molecule has 18 heteroatoms. The molecular weight excluding hydrogens is 532 g/mol. The quantitative estimate of drug-likeness (QED) is 0.146. The number of aliphatic hydroxyl groups is 8. The van der Waals surface area contributed by atoms with Crippen LogP contribution >= 0.6 is 0 Å². The molecule has 0 amide bonds. The third-order valence-electron chi connectivity index (χ3n) is 7.20. The summed E-state index contributed by atoms with van der Waals surface area (Å²) in [5.41, 5.74) is 10.2. The maximum absolute atomic E-state index is 12.1. The number of hydrogen-bond donors (Lipinski definition) is 11. The van der Waals surface area contributed by atoms with Crippen LogP contribution in [0.25, 0.3) is 0 Å². The van der Waals surface area contributed by atoms with Gasteiger partial charge in [0.1, 0.15) is 48.8 Å². The number of aromatic nitrogens is 2. The lowest BCUT2D eigenvalue weighted by Crippen LogP contribution is -2.67. The Balaban J connectivity index is 1.45. The molecular formula is C21H34N4O14. The highest BCUT2D eigenvalue weighted by Gasteiger charge is 2.51. The molecule has 4 heterocycles. The van der Waals surface area contributed by atoms with Gasteiger partial charge in [0.25, 0.3) is 5.56 Å². The highest BCUT2D eigenvalue weighted by Crippen LogP contribution is 2.33. The van der Waals surface area contributed by atoms with Gasteiger partial charge in [0.15, 0.2) is 18.8 Å². The standard InChI is InChI=1S/C21H34N4O14/c22-9-13(31)11(29)6(36-19(9)39-20-10(23)14(32)12(30)7(4-26)37-20)3-5(27)17-15(33)16(34)18(38-17)25-2-1-8(28)24-21(25)35/h1-2,5-7,9-20,26-27,29-34H,3-4,22-23H2,(H,24,28,35)/t5-,6-,7+,9-,10?,11?,12-,13?,14?,15+,16-,17+,18-,19+,20-/m1/s1. The Morgan fingerprint density at radius 2 is 1.44 bits per heavy atom. The summed E-state index contributed by atoms with van der Waals surface area (Å²) in [5, 5.41) is 82.2. The zero-order valence-electron chi connectivity index (χ0n) is 20.4. The van der Waals surface area contributed by atoms with E-state index in [1.165, 1.54) is 0 Å². The van der Waals surface area contributed by atoms with E-state index in [1.807, 2.05) is 4.98 Å². The molecule has 13 N–H and O–H groups in total. The summed E-state index contributed by atoms with van der Waals surface area (Å²) in [5.74, 6) is 0. The molecule has 0 aliphatic carbocycles. The van der Waals surface area contributed by atoms with Crippen molar-refractivity contribution in [3.05, 3.63) is 33.1 Å². The molecule has 3 fully saturated rings. The Hall–Kier alpha value is -1.88. The molecule has 0 saturated carbocycles. The lowest BCUT2D eigenvalue weighted by atomic mass is 9.91. The van der Waals surface area contributed by atoms with Crippen molar-refractivity contribution in [1.82, 2.24) is 9.55 Å². The summed E-state index contributed by atoms with van der Waals surface area (Å²) in [6, 6.07) is -1.69. The number of aliphatic hydroxyl groups excluding tert-OH is 8. The molecule has 3 aliphatic heterocycles. The minimum Gasteiger partial charge on any atom is -0.394 e. The van der Waals surface area contributed by atoms with Gasteiger partial charge in [-0.05, 0) is 0 Å². The summed E-state index contributed by atoms with van der Waals surface area (Å²) in [4.78, 5) is 25.4. The Labute approximate surface area is 219 Å². The van der Waals surface area contributed by atoms with E-state index < -0.39 is 116 Å². The molecule has 4 rings (SSSR count). The van der Waals surface area contributed by atoms with Crippen LogP contribution in [0, 0.1) is 0 Å². The van der Waals surface area contributed by atoms with Crippen molar-refractivity contribution in [2.24, 2.45) is 11.5 Å². The van der Waals surface area contributed by atoms with E-state index in [-0.39, 0.29) is 0 Å². The molecule has 3 saturated heterocycles. The monoisotopic (exact) mass is 566 g/mol. The average Bonchev–Trinajstić information content (AvgIpc) is 3.19. The second kappa shape index (κ2) is 11.9. The van der Waals surface area contributed by atoms with Crippen molar-refractivity contribution < 1.29 is 59.8 Å². The molecule has 222 valence electrons. The van der Waals surface area contributed by atoms with Gasteiger partial charge >= 0.3 is 5.69 Å². The largest absolute Gasteiger partial charge is 0.394 e. The molecule has 0 radical (unpaired) electrons. The van der Waals surface area contributed by atoms with Gasteiger partial charge in [-0.1, -0.05) is 0 Å². The maximum atomic E-state index is 12.1. The summed E-state index contributed by atoms with van der Waals surface area (Å²) in [7, 11) is 0. The first-order valence-electron chi connectivity index (χ1n) is 12.2. The van der Waals surface area contributed by atoms with Crippen molar-refractivity contribution in [1.29, 1.82) is 0 Å². The normalized spacial score (nSPS) is 45.8. The number of hydrogen-bond acceptors (Lipinski definition) is 16. The minimum atomic E-state index is -1.71. The lowest BCUT2D eigenvalue weighted by Gasteiger charge is -2.46. The molecule has 0 aromatic carbocycles. The van der Waals surface area contributed by atoms with Gasteiger partial charge in [-0.2, -0.15) is 0 Å². The van der Waals surface area contributed by atoms with E-state index >= 15 is 0 Å². The predicted molar refractivity (Wildman–Crippen MR) is 123 cm³/mol. The summed E-state index contributed by atoms with van der Waals surface area (Å²) < 4.78 is 22.9. The first-order chi connectivity index (χ1) is 18.3. The van der Waals surface area contributed by atoms with Crippen LogP contribution in [0.3, 0.4) is 0 Å². The van der Waals surface area contributed by atoms with Crippen molar-refractivity contribution in [3.8, 4) is 0 Å². The fraction of sp³-hybridized carbons (Fsp3) is 0.810. The topological polar surface area (TPSA) is 306 Å². The molecule has 0 bridgehead atoms. The van der Waals surface area contributed by atoms with Crippen LogP contribution < -0.4 is 22.7 Å². The maximum Gasteiger partial charge on any atom is 0.330 e. The van der Waals surface area contributed by atoms with Gasteiger partial charge in [0.2, 0.25) is 0 Å². The van der Waals surface area contributed by atoms with Crippen LogP contribution in [0.5, 0.6) is 0 Å². The third kappa shape index (κ3) is 5.80. The van der Waals surface area contributed by atoms with E-state index in [1.54, 1.807) is 0 Å². The highest BCUT2D eigenvalue weighted by atomic mass is 16.8. The smallest absolute Gasteiger partial charge is 0.330 e. The molecule has 18 nitrogen and oxygen atoms in total. The van der Waals surface area contributed by atoms with Crippen molar-refractivity contribution >= 4 is 0 Å². The molecule has 4 unspecified atom stereocenters. The minimum absolute atomic E-state index is 0.495. The first-order valence-corrected chi connectivity index (χ1v) is 12.2. The van der Waals surface area contributed by atoms with E-state index in [0.717, 1.165) is 16.8 Å². The zero-order valence-corrected chi connectivity index (χ0v) is 20.4. The number of rotatable bonds is 7. The molecule has 0 spiro atoms.